The summed E-state index contributed by atoms with van der Waals surface area (Å²) in [7, 11) is 0. The van der Waals surface area contributed by atoms with E-state index in [-0.39, 0.29) is 11.7 Å². The number of carbonyl (C=O) groups is 1. The molecule has 4 heteroatoms. The number of carbonyl (C=O) groups excluding carboxylic acids is 1. The van der Waals surface area contributed by atoms with E-state index in [4.69, 9.17) is 4.98 Å². The number of rotatable bonds is 4. The predicted octanol–water partition coefficient (Wildman–Crippen LogP) is 4.54. The van der Waals surface area contributed by atoms with Crippen LogP contribution in [0.25, 0.3) is 22.2 Å². The first-order chi connectivity index (χ1) is 13.2. The standard InChI is InChI=1S/C23H18N2O2/c26-18-12-10-16(11-13-18)15-24-23(27)20-14-22(17-6-2-1-3-7-17)25-21-9-5-4-8-19(20)21/h1-14,26H,15H2,(H,24,27). The van der Waals surface area contributed by atoms with E-state index in [1.807, 2.05) is 60.7 Å². The van der Waals surface area contributed by atoms with Gasteiger partial charge in [0.1, 0.15) is 5.75 Å². The molecule has 2 N–H and O–H groups in total. The van der Waals surface area contributed by atoms with Crippen molar-refractivity contribution < 1.29 is 9.90 Å². The fourth-order valence-electron chi connectivity index (χ4n) is 3.01. The zero-order chi connectivity index (χ0) is 18.6. The van der Waals surface area contributed by atoms with Gasteiger partial charge in [0, 0.05) is 17.5 Å². The van der Waals surface area contributed by atoms with Crippen LogP contribution in [0.5, 0.6) is 5.75 Å². The molecule has 132 valence electrons. The number of para-hydroxylation sites is 1. The number of nitrogens with one attached hydrogen (secondary N) is 1. The summed E-state index contributed by atoms with van der Waals surface area (Å²) < 4.78 is 0. The van der Waals surface area contributed by atoms with E-state index in [0.29, 0.717) is 12.1 Å². The van der Waals surface area contributed by atoms with Gasteiger partial charge in [-0.15, -0.1) is 0 Å². The molecular weight excluding hydrogens is 336 g/mol. The number of benzene rings is 3. The molecule has 1 heterocycles. The highest BCUT2D eigenvalue weighted by Gasteiger charge is 2.13. The second kappa shape index (κ2) is 7.30. The van der Waals surface area contributed by atoms with Crippen LogP contribution in [0.2, 0.25) is 0 Å². The summed E-state index contributed by atoms with van der Waals surface area (Å²) >= 11 is 0. The van der Waals surface area contributed by atoms with Crippen molar-refractivity contribution in [3.63, 3.8) is 0 Å². The quantitative estimate of drug-likeness (QED) is 0.566. The Labute approximate surface area is 157 Å². The van der Waals surface area contributed by atoms with Crippen molar-refractivity contribution in [2.24, 2.45) is 0 Å². The summed E-state index contributed by atoms with van der Waals surface area (Å²) in [4.78, 5) is 17.6. The molecule has 0 saturated carbocycles. The van der Waals surface area contributed by atoms with Crippen molar-refractivity contribution in [3.05, 3.63) is 96.1 Å². The van der Waals surface area contributed by atoms with E-state index < -0.39 is 0 Å². The summed E-state index contributed by atoms with van der Waals surface area (Å²) in [5, 5.41) is 13.2. The number of aromatic hydroxyl groups is 1. The van der Waals surface area contributed by atoms with Crippen molar-refractivity contribution in [1.82, 2.24) is 10.3 Å². The largest absolute Gasteiger partial charge is 0.508 e. The number of hydrogen-bond acceptors (Lipinski definition) is 3. The number of nitrogens with zero attached hydrogens (tertiary/aromatic N) is 1. The van der Waals surface area contributed by atoms with Gasteiger partial charge in [0.05, 0.1) is 16.8 Å². The van der Waals surface area contributed by atoms with Gasteiger partial charge in [0.2, 0.25) is 0 Å². The van der Waals surface area contributed by atoms with Gasteiger partial charge in [-0.2, -0.15) is 0 Å². The first-order valence-electron chi connectivity index (χ1n) is 8.72. The molecule has 0 spiro atoms. The highest BCUT2D eigenvalue weighted by molar-refractivity contribution is 6.07. The lowest BCUT2D eigenvalue weighted by atomic mass is 10.0. The lowest BCUT2D eigenvalue weighted by Crippen LogP contribution is -2.23. The zero-order valence-corrected chi connectivity index (χ0v) is 14.6. The number of hydrogen-bond donors (Lipinski definition) is 2. The minimum absolute atomic E-state index is 0.154. The Morgan fingerprint density at radius 3 is 2.37 bits per heavy atom. The minimum Gasteiger partial charge on any atom is -0.508 e. The van der Waals surface area contributed by atoms with Crippen LogP contribution < -0.4 is 5.32 Å². The Morgan fingerprint density at radius 1 is 0.889 bits per heavy atom. The summed E-state index contributed by atoms with van der Waals surface area (Å²) in [6.07, 6.45) is 0. The lowest BCUT2D eigenvalue weighted by molar-refractivity contribution is 0.0952. The van der Waals surface area contributed by atoms with Crippen molar-refractivity contribution in [3.8, 4) is 17.0 Å². The van der Waals surface area contributed by atoms with Crippen LogP contribution in [0, 0.1) is 0 Å². The molecule has 4 rings (SSSR count). The Hall–Kier alpha value is -3.66. The third-order valence-electron chi connectivity index (χ3n) is 4.42. The zero-order valence-electron chi connectivity index (χ0n) is 14.6. The fraction of sp³-hybridized carbons (Fsp3) is 0.0435. The van der Waals surface area contributed by atoms with Crippen LogP contribution >= 0.6 is 0 Å². The van der Waals surface area contributed by atoms with Crippen molar-refractivity contribution in [1.29, 1.82) is 0 Å². The lowest BCUT2D eigenvalue weighted by Gasteiger charge is -2.11. The Kier molecular flexibility index (Phi) is 4.54. The maximum atomic E-state index is 12.9. The molecule has 4 nitrogen and oxygen atoms in total. The van der Waals surface area contributed by atoms with Crippen LogP contribution in [0.3, 0.4) is 0 Å². The van der Waals surface area contributed by atoms with Gasteiger partial charge in [-0.05, 0) is 29.8 Å². The molecule has 0 fully saturated rings. The van der Waals surface area contributed by atoms with Crippen molar-refractivity contribution in [2.75, 3.05) is 0 Å². The Bertz CT molecular complexity index is 1090. The summed E-state index contributed by atoms with van der Waals surface area (Å²) in [5.74, 6) is 0.0524. The van der Waals surface area contributed by atoms with Crippen LogP contribution in [-0.2, 0) is 6.54 Å². The van der Waals surface area contributed by atoms with Gasteiger partial charge in [-0.25, -0.2) is 4.98 Å². The van der Waals surface area contributed by atoms with Gasteiger partial charge in [-0.3, -0.25) is 4.79 Å². The van der Waals surface area contributed by atoms with Gasteiger partial charge in [0.15, 0.2) is 0 Å². The Morgan fingerprint density at radius 2 is 1.59 bits per heavy atom. The molecule has 27 heavy (non-hydrogen) atoms. The smallest absolute Gasteiger partial charge is 0.252 e. The Balaban J connectivity index is 1.69. The second-order valence-corrected chi connectivity index (χ2v) is 6.29. The molecule has 0 radical (unpaired) electrons. The van der Waals surface area contributed by atoms with E-state index in [2.05, 4.69) is 5.32 Å². The SMILES string of the molecule is O=C(NCc1ccc(O)cc1)c1cc(-c2ccccc2)nc2ccccc12. The fourth-order valence-corrected chi connectivity index (χ4v) is 3.01. The summed E-state index contributed by atoms with van der Waals surface area (Å²) in [5.41, 5.74) is 4.04. The van der Waals surface area contributed by atoms with Crippen molar-refractivity contribution >= 4 is 16.8 Å². The van der Waals surface area contributed by atoms with Gasteiger partial charge >= 0.3 is 0 Å². The van der Waals surface area contributed by atoms with Crippen LogP contribution in [0.4, 0.5) is 0 Å². The monoisotopic (exact) mass is 354 g/mol. The molecule has 0 bridgehead atoms. The molecule has 4 aromatic rings. The maximum Gasteiger partial charge on any atom is 0.252 e. The molecule has 0 saturated heterocycles. The molecule has 0 aliphatic rings. The summed E-state index contributed by atoms with van der Waals surface area (Å²) in [6.45, 7) is 0.385. The molecule has 1 aromatic heterocycles. The third kappa shape index (κ3) is 3.65. The molecule has 3 aromatic carbocycles. The van der Waals surface area contributed by atoms with Crippen molar-refractivity contribution in [2.45, 2.75) is 6.54 Å². The van der Waals surface area contributed by atoms with E-state index >= 15 is 0 Å². The third-order valence-corrected chi connectivity index (χ3v) is 4.42. The molecule has 0 atom stereocenters. The van der Waals surface area contributed by atoms with Gasteiger partial charge in [-0.1, -0.05) is 60.7 Å². The molecule has 0 aliphatic carbocycles. The topological polar surface area (TPSA) is 62.2 Å². The van der Waals surface area contributed by atoms with Gasteiger partial charge in [0.25, 0.3) is 5.91 Å². The average molecular weight is 354 g/mol. The first-order valence-corrected chi connectivity index (χ1v) is 8.72. The van der Waals surface area contributed by atoms with Gasteiger partial charge < -0.3 is 10.4 Å². The number of amides is 1. The highest BCUT2D eigenvalue weighted by Crippen LogP contribution is 2.24. The first kappa shape index (κ1) is 16.8. The van der Waals surface area contributed by atoms with E-state index in [9.17, 15) is 9.90 Å². The number of aromatic nitrogens is 1. The summed E-state index contributed by atoms with van der Waals surface area (Å²) in [6, 6.07) is 26.1. The number of phenols is 1. The predicted molar refractivity (Wildman–Crippen MR) is 106 cm³/mol. The number of fused-ring (bicyclic) bond motifs is 1. The molecule has 1 amide bonds. The van der Waals surface area contributed by atoms with Crippen LogP contribution in [0.15, 0.2) is 84.9 Å². The second-order valence-electron chi connectivity index (χ2n) is 6.29. The van der Waals surface area contributed by atoms with E-state index in [1.54, 1.807) is 24.3 Å². The average Bonchev–Trinajstić information content (AvgIpc) is 2.73. The normalized spacial score (nSPS) is 10.7. The minimum atomic E-state index is -0.154. The number of phenolic OH excluding ortho intramolecular Hbond substituents is 1. The van der Waals surface area contributed by atoms with Crippen LogP contribution in [0.1, 0.15) is 15.9 Å². The van der Waals surface area contributed by atoms with E-state index in [0.717, 1.165) is 27.7 Å². The molecule has 0 unspecified atom stereocenters. The highest BCUT2D eigenvalue weighted by atomic mass is 16.3. The molecular formula is C23H18N2O2. The van der Waals surface area contributed by atoms with Crippen LogP contribution in [-0.4, -0.2) is 16.0 Å². The maximum absolute atomic E-state index is 12.9. The number of pyridine rings is 1. The molecule has 0 aliphatic heterocycles. The van der Waals surface area contributed by atoms with E-state index in [1.165, 1.54) is 0 Å².